The minimum atomic E-state index is -0.00221. The highest BCUT2D eigenvalue weighted by molar-refractivity contribution is 7.13. The Morgan fingerprint density at radius 1 is 1.14 bits per heavy atom. The quantitative estimate of drug-likeness (QED) is 0.445. The van der Waals surface area contributed by atoms with Crippen molar-refractivity contribution in [1.29, 1.82) is 0 Å². The Morgan fingerprint density at radius 3 is 2.93 bits per heavy atom. The van der Waals surface area contributed by atoms with Crippen molar-refractivity contribution in [3.8, 4) is 16.5 Å². The fourth-order valence-electron chi connectivity index (χ4n) is 3.32. The van der Waals surface area contributed by atoms with Crippen molar-refractivity contribution < 1.29 is 9.84 Å². The molecule has 4 rings (SSSR count). The molecule has 0 radical (unpaired) electrons. The van der Waals surface area contributed by atoms with Crippen LogP contribution in [0.3, 0.4) is 0 Å². The number of aryl methyl sites for hydroxylation is 1. The van der Waals surface area contributed by atoms with Crippen LogP contribution in [0.2, 0.25) is 0 Å². The first-order chi connectivity index (χ1) is 14.2. The van der Waals surface area contributed by atoms with Crippen LogP contribution in [0.25, 0.3) is 21.5 Å². The highest BCUT2D eigenvalue weighted by Crippen LogP contribution is 2.29. The maximum atomic E-state index is 8.87. The van der Waals surface area contributed by atoms with Gasteiger partial charge in [-0.15, -0.1) is 11.3 Å². The number of benzene rings is 2. The summed E-state index contributed by atoms with van der Waals surface area (Å²) in [6, 6.07) is 16.7. The molecule has 0 unspecified atom stereocenters. The number of anilines is 1. The lowest BCUT2D eigenvalue weighted by molar-refractivity contribution is 0.202. The topological polar surface area (TPSA) is 67.3 Å². The summed E-state index contributed by atoms with van der Waals surface area (Å²) in [6.07, 6.45) is 2.69. The number of thiophene rings is 1. The summed E-state index contributed by atoms with van der Waals surface area (Å²) in [7, 11) is 0. The van der Waals surface area contributed by atoms with Crippen LogP contribution < -0.4 is 10.1 Å². The first-order valence-corrected chi connectivity index (χ1v) is 10.5. The standard InChI is InChI=1S/C23H23N3O2S/c1-16-17(6-7-18-4-2-3-5-20(16)18)8-10-24-22-9-11-25-23(26-22)21-14-19(15-29-21)28-13-12-27/h2-7,9,11,14-15,27H,8,10,12-13H2,1H3,(H,24,25,26). The molecule has 2 heterocycles. The summed E-state index contributed by atoms with van der Waals surface area (Å²) >= 11 is 1.53. The van der Waals surface area contributed by atoms with E-state index >= 15 is 0 Å². The summed E-state index contributed by atoms with van der Waals surface area (Å²) < 4.78 is 5.43. The molecule has 0 spiro atoms. The first kappa shape index (κ1) is 19.4. The molecule has 6 heteroatoms. The Balaban J connectivity index is 1.41. The van der Waals surface area contributed by atoms with Crippen molar-refractivity contribution in [2.75, 3.05) is 25.1 Å². The van der Waals surface area contributed by atoms with Crippen LogP contribution in [0.5, 0.6) is 5.75 Å². The molecule has 0 fully saturated rings. The van der Waals surface area contributed by atoms with Gasteiger partial charge in [0.2, 0.25) is 0 Å². The number of aliphatic hydroxyl groups is 1. The number of aromatic nitrogens is 2. The van der Waals surface area contributed by atoms with Gasteiger partial charge in [-0.05, 0) is 41.3 Å². The van der Waals surface area contributed by atoms with E-state index in [2.05, 4.69) is 58.6 Å². The van der Waals surface area contributed by atoms with Gasteiger partial charge in [0.1, 0.15) is 18.2 Å². The van der Waals surface area contributed by atoms with Crippen LogP contribution in [0, 0.1) is 6.92 Å². The fourth-order valence-corrected chi connectivity index (χ4v) is 4.09. The van der Waals surface area contributed by atoms with Gasteiger partial charge in [0.25, 0.3) is 0 Å². The zero-order valence-electron chi connectivity index (χ0n) is 16.3. The lowest BCUT2D eigenvalue weighted by Crippen LogP contribution is -2.08. The summed E-state index contributed by atoms with van der Waals surface area (Å²) in [5.41, 5.74) is 2.68. The SMILES string of the molecule is Cc1c(CCNc2ccnc(-c3cc(OCCO)cs3)n2)ccc2ccccc12. The predicted molar refractivity (Wildman–Crippen MR) is 119 cm³/mol. The molecule has 0 aliphatic heterocycles. The molecule has 0 atom stereocenters. The van der Waals surface area contributed by atoms with Crippen LogP contribution in [0.4, 0.5) is 5.82 Å². The Labute approximate surface area is 174 Å². The van der Waals surface area contributed by atoms with Gasteiger partial charge in [0.15, 0.2) is 5.82 Å². The average molecular weight is 406 g/mol. The Morgan fingerprint density at radius 2 is 2.03 bits per heavy atom. The van der Waals surface area contributed by atoms with Gasteiger partial charge in [0, 0.05) is 24.2 Å². The molecule has 148 valence electrons. The third-order valence-corrected chi connectivity index (χ3v) is 5.73. The molecule has 5 nitrogen and oxygen atoms in total. The molecule has 0 saturated carbocycles. The zero-order valence-corrected chi connectivity index (χ0v) is 17.1. The van der Waals surface area contributed by atoms with Crippen LogP contribution in [0.15, 0.2) is 60.1 Å². The molecule has 0 aliphatic carbocycles. The third-order valence-electron chi connectivity index (χ3n) is 4.82. The van der Waals surface area contributed by atoms with E-state index in [0.29, 0.717) is 5.82 Å². The molecule has 29 heavy (non-hydrogen) atoms. The van der Waals surface area contributed by atoms with E-state index in [1.165, 1.54) is 33.2 Å². The van der Waals surface area contributed by atoms with E-state index in [0.717, 1.165) is 29.4 Å². The molecule has 4 aromatic rings. The van der Waals surface area contributed by atoms with Crippen molar-refractivity contribution in [3.63, 3.8) is 0 Å². The number of hydrogen-bond acceptors (Lipinski definition) is 6. The number of aliphatic hydroxyl groups excluding tert-OH is 1. The molecule has 0 aliphatic rings. The van der Waals surface area contributed by atoms with Gasteiger partial charge >= 0.3 is 0 Å². The second-order valence-corrected chi connectivity index (χ2v) is 7.64. The summed E-state index contributed by atoms with van der Waals surface area (Å²) in [5, 5.41) is 16.8. The molecule has 2 aromatic heterocycles. The van der Waals surface area contributed by atoms with Crippen LogP contribution >= 0.6 is 11.3 Å². The van der Waals surface area contributed by atoms with Crippen molar-refractivity contribution in [2.24, 2.45) is 0 Å². The molecular weight excluding hydrogens is 382 g/mol. The van der Waals surface area contributed by atoms with E-state index < -0.39 is 0 Å². The number of nitrogens with one attached hydrogen (secondary N) is 1. The normalized spacial score (nSPS) is 11.0. The van der Waals surface area contributed by atoms with E-state index in [4.69, 9.17) is 9.84 Å². The number of ether oxygens (including phenoxy) is 1. The van der Waals surface area contributed by atoms with Gasteiger partial charge in [-0.1, -0.05) is 36.4 Å². The lowest BCUT2D eigenvalue weighted by atomic mass is 9.98. The number of hydrogen-bond donors (Lipinski definition) is 2. The summed E-state index contributed by atoms with van der Waals surface area (Å²) in [5.74, 6) is 2.20. The van der Waals surface area contributed by atoms with E-state index in [1.807, 2.05) is 17.5 Å². The molecular formula is C23H23N3O2S. The fraction of sp³-hybridized carbons (Fsp3) is 0.217. The highest BCUT2D eigenvalue weighted by atomic mass is 32.1. The van der Waals surface area contributed by atoms with Crippen LogP contribution in [-0.2, 0) is 6.42 Å². The first-order valence-electron chi connectivity index (χ1n) is 9.61. The van der Waals surface area contributed by atoms with Gasteiger partial charge in [-0.2, -0.15) is 0 Å². The van der Waals surface area contributed by atoms with E-state index in [1.54, 1.807) is 6.20 Å². The van der Waals surface area contributed by atoms with Crippen LogP contribution in [-0.4, -0.2) is 34.8 Å². The van der Waals surface area contributed by atoms with Crippen molar-refractivity contribution >= 4 is 27.9 Å². The van der Waals surface area contributed by atoms with E-state index in [-0.39, 0.29) is 13.2 Å². The summed E-state index contributed by atoms with van der Waals surface area (Å²) in [4.78, 5) is 9.93. The maximum Gasteiger partial charge on any atom is 0.171 e. The minimum Gasteiger partial charge on any atom is -0.490 e. The molecule has 2 aromatic carbocycles. The second-order valence-electron chi connectivity index (χ2n) is 6.73. The second kappa shape index (κ2) is 9.03. The smallest absolute Gasteiger partial charge is 0.171 e. The minimum absolute atomic E-state index is 0.00221. The van der Waals surface area contributed by atoms with E-state index in [9.17, 15) is 0 Å². The Bertz CT molecular complexity index is 1110. The highest BCUT2D eigenvalue weighted by Gasteiger charge is 2.08. The molecule has 0 saturated heterocycles. The van der Waals surface area contributed by atoms with Crippen molar-refractivity contribution in [2.45, 2.75) is 13.3 Å². The van der Waals surface area contributed by atoms with Crippen LogP contribution in [0.1, 0.15) is 11.1 Å². The summed E-state index contributed by atoms with van der Waals surface area (Å²) in [6.45, 7) is 3.27. The number of rotatable bonds is 8. The van der Waals surface area contributed by atoms with Crippen molar-refractivity contribution in [3.05, 3.63) is 71.2 Å². The largest absolute Gasteiger partial charge is 0.490 e. The molecule has 0 amide bonds. The van der Waals surface area contributed by atoms with Crippen molar-refractivity contribution in [1.82, 2.24) is 9.97 Å². The third kappa shape index (κ3) is 4.55. The number of fused-ring (bicyclic) bond motifs is 1. The zero-order chi connectivity index (χ0) is 20.1. The average Bonchev–Trinajstić information content (AvgIpc) is 3.23. The maximum absolute atomic E-state index is 8.87. The monoisotopic (exact) mass is 405 g/mol. The van der Waals surface area contributed by atoms with Gasteiger partial charge in [-0.25, -0.2) is 9.97 Å². The Kier molecular flexibility index (Phi) is 6.03. The van der Waals surface area contributed by atoms with Gasteiger partial charge in [0.05, 0.1) is 11.5 Å². The molecule has 2 N–H and O–H groups in total. The lowest BCUT2D eigenvalue weighted by Gasteiger charge is -2.11. The molecule has 0 bridgehead atoms. The van der Waals surface area contributed by atoms with Gasteiger partial charge in [-0.3, -0.25) is 0 Å². The number of nitrogens with zero attached hydrogens (tertiary/aromatic N) is 2. The Hall–Kier alpha value is -2.96. The van der Waals surface area contributed by atoms with Gasteiger partial charge < -0.3 is 15.2 Å². The predicted octanol–water partition coefficient (Wildman–Crippen LogP) is 4.69.